The Morgan fingerprint density at radius 1 is 1.48 bits per heavy atom. The maximum absolute atomic E-state index is 12.1. The van der Waals surface area contributed by atoms with Gasteiger partial charge in [0.1, 0.15) is 6.54 Å². The van der Waals surface area contributed by atoms with Crippen molar-refractivity contribution in [3.63, 3.8) is 0 Å². The summed E-state index contributed by atoms with van der Waals surface area (Å²) in [5.74, 6) is 0.943. The molecule has 118 valence electrons. The van der Waals surface area contributed by atoms with E-state index in [1.165, 1.54) is 18.4 Å². The molecule has 0 aromatic carbocycles. The SMILES string of the molecule is CCCNC(c1ccn(CC(=O)N(C)C(C)C)c1)C1CC1. The third-order valence-electron chi connectivity index (χ3n) is 4.33. The van der Waals surface area contributed by atoms with E-state index >= 15 is 0 Å². The zero-order chi connectivity index (χ0) is 15.4. The first-order chi connectivity index (χ1) is 10.0. The summed E-state index contributed by atoms with van der Waals surface area (Å²) < 4.78 is 2.01. The average Bonchev–Trinajstić information content (AvgIpc) is 3.18. The van der Waals surface area contributed by atoms with Crippen molar-refractivity contribution < 1.29 is 4.79 Å². The van der Waals surface area contributed by atoms with E-state index in [1.54, 1.807) is 4.90 Å². The van der Waals surface area contributed by atoms with Crippen LogP contribution in [0.1, 0.15) is 51.6 Å². The minimum absolute atomic E-state index is 0.164. The lowest BCUT2D eigenvalue weighted by Gasteiger charge is -2.21. The number of carbonyl (C=O) groups is 1. The van der Waals surface area contributed by atoms with Gasteiger partial charge in [0.05, 0.1) is 0 Å². The molecule has 0 spiro atoms. The van der Waals surface area contributed by atoms with Crippen LogP contribution < -0.4 is 5.32 Å². The number of aromatic nitrogens is 1. The molecule has 0 bridgehead atoms. The summed E-state index contributed by atoms with van der Waals surface area (Å²) in [6.07, 6.45) is 7.97. The molecule has 1 saturated carbocycles. The number of carbonyl (C=O) groups excluding carboxylic acids is 1. The molecule has 1 aliphatic carbocycles. The maximum atomic E-state index is 12.1. The number of amides is 1. The minimum atomic E-state index is 0.164. The Bertz CT molecular complexity index is 462. The molecule has 1 aromatic heterocycles. The Balaban J connectivity index is 1.98. The molecule has 21 heavy (non-hydrogen) atoms. The molecular weight excluding hydrogens is 262 g/mol. The molecule has 0 radical (unpaired) electrons. The summed E-state index contributed by atoms with van der Waals surface area (Å²) in [5, 5.41) is 3.65. The van der Waals surface area contributed by atoms with E-state index in [4.69, 9.17) is 0 Å². The fourth-order valence-corrected chi connectivity index (χ4v) is 2.58. The second kappa shape index (κ2) is 7.12. The molecule has 1 amide bonds. The number of likely N-dealkylation sites (N-methyl/N-ethyl adjacent to an activating group) is 1. The zero-order valence-corrected chi connectivity index (χ0v) is 13.8. The van der Waals surface area contributed by atoms with Crippen LogP contribution in [0.2, 0.25) is 0 Å². The highest BCUT2D eigenvalue weighted by atomic mass is 16.2. The highest BCUT2D eigenvalue weighted by molar-refractivity contribution is 5.76. The lowest BCUT2D eigenvalue weighted by Crippen LogP contribution is -2.35. The first kappa shape index (κ1) is 16.1. The molecule has 1 fully saturated rings. The van der Waals surface area contributed by atoms with E-state index in [-0.39, 0.29) is 11.9 Å². The van der Waals surface area contributed by atoms with Gasteiger partial charge in [0.2, 0.25) is 5.91 Å². The summed E-state index contributed by atoms with van der Waals surface area (Å²) in [4.78, 5) is 13.9. The summed E-state index contributed by atoms with van der Waals surface area (Å²) in [5.41, 5.74) is 1.32. The standard InChI is InChI=1S/C17H29N3O/c1-5-9-18-17(14-6-7-14)15-8-10-20(11-15)12-16(21)19(4)13(2)3/h8,10-11,13-14,17-18H,5-7,9,12H2,1-4H3. The highest BCUT2D eigenvalue weighted by Crippen LogP contribution is 2.41. The largest absolute Gasteiger partial charge is 0.345 e. The van der Waals surface area contributed by atoms with E-state index < -0.39 is 0 Å². The second-order valence-corrected chi connectivity index (χ2v) is 6.48. The summed E-state index contributed by atoms with van der Waals surface area (Å²) in [6, 6.07) is 2.87. The van der Waals surface area contributed by atoms with Crippen molar-refractivity contribution in [2.24, 2.45) is 5.92 Å². The van der Waals surface area contributed by atoms with Crippen LogP contribution in [0.3, 0.4) is 0 Å². The fourth-order valence-electron chi connectivity index (χ4n) is 2.58. The van der Waals surface area contributed by atoms with Crippen molar-refractivity contribution in [3.05, 3.63) is 24.0 Å². The van der Waals surface area contributed by atoms with Crippen molar-refractivity contribution in [3.8, 4) is 0 Å². The van der Waals surface area contributed by atoms with Crippen LogP contribution in [0, 0.1) is 5.92 Å². The molecule has 4 heteroatoms. The first-order valence-electron chi connectivity index (χ1n) is 8.17. The van der Waals surface area contributed by atoms with E-state index in [0.717, 1.165) is 18.9 Å². The van der Waals surface area contributed by atoms with Gasteiger partial charge in [-0.05, 0) is 57.2 Å². The number of hydrogen-bond acceptors (Lipinski definition) is 2. The van der Waals surface area contributed by atoms with Gasteiger partial charge in [-0.15, -0.1) is 0 Å². The van der Waals surface area contributed by atoms with Gasteiger partial charge >= 0.3 is 0 Å². The molecule has 2 rings (SSSR count). The van der Waals surface area contributed by atoms with Gasteiger partial charge < -0.3 is 14.8 Å². The topological polar surface area (TPSA) is 37.3 Å². The summed E-state index contributed by atoms with van der Waals surface area (Å²) in [7, 11) is 1.87. The molecule has 1 aromatic rings. The Morgan fingerprint density at radius 2 is 2.19 bits per heavy atom. The molecule has 1 N–H and O–H groups in total. The first-order valence-corrected chi connectivity index (χ1v) is 8.17. The number of rotatable bonds is 8. The van der Waals surface area contributed by atoms with Crippen LogP contribution in [0.4, 0.5) is 0 Å². The normalized spacial score (nSPS) is 16.2. The molecule has 1 heterocycles. The molecule has 0 saturated heterocycles. The van der Waals surface area contributed by atoms with E-state index in [2.05, 4.69) is 24.5 Å². The Labute approximate surface area is 128 Å². The van der Waals surface area contributed by atoms with E-state index in [1.807, 2.05) is 31.7 Å². The molecule has 4 nitrogen and oxygen atoms in total. The van der Waals surface area contributed by atoms with Crippen LogP contribution in [-0.2, 0) is 11.3 Å². The van der Waals surface area contributed by atoms with Gasteiger partial charge in [-0.3, -0.25) is 4.79 Å². The lowest BCUT2D eigenvalue weighted by molar-refractivity contribution is -0.131. The van der Waals surface area contributed by atoms with Gasteiger partial charge in [-0.2, -0.15) is 0 Å². The third kappa shape index (κ3) is 4.34. The summed E-state index contributed by atoms with van der Waals surface area (Å²) >= 11 is 0. The lowest BCUT2D eigenvalue weighted by atomic mass is 10.1. The van der Waals surface area contributed by atoms with Crippen LogP contribution in [0.25, 0.3) is 0 Å². The van der Waals surface area contributed by atoms with E-state index in [0.29, 0.717) is 12.6 Å². The van der Waals surface area contributed by atoms with E-state index in [9.17, 15) is 4.79 Å². The van der Waals surface area contributed by atoms with Gasteiger partial charge in [0, 0.05) is 31.5 Å². The van der Waals surface area contributed by atoms with Crippen molar-refractivity contribution >= 4 is 5.91 Å². The quantitative estimate of drug-likeness (QED) is 0.799. The molecule has 1 aliphatic rings. The van der Waals surface area contributed by atoms with Crippen molar-refractivity contribution in [1.82, 2.24) is 14.8 Å². The predicted molar refractivity (Wildman–Crippen MR) is 86.1 cm³/mol. The van der Waals surface area contributed by atoms with Gasteiger partial charge in [0.25, 0.3) is 0 Å². The van der Waals surface area contributed by atoms with Crippen molar-refractivity contribution in [2.45, 2.75) is 58.7 Å². The monoisotopic (exact) mass is 291 g/mol. The Kier molecular flexibility index (Phi) is 5.45. The number of hydrogen-bond donors (Lipinski definition) is 1. The van der Waals surface area contributed by atoms with Crippen LogP contribution in [-0.4, -0.2) is 35.0 Å². The number of nitrogens with zero attached hydrogens (tertiary/aromatic N) is 2. The minimum Gasteiger partial charge on any atom is -0.345 e. The van der Waals surface area contributed by atoms with Gasteiger partial charge in [-0.25, -0.2) is 0 Å². The second-order valence-electron chi connectivity index (χ2n) is 6.48. The van der Waals surface area contributed by atoms with Gasteiger partial charge in [0.15, 0.2) is 0 Å². The van der Waals surface area contributed by atoms with Gasteiger partial charge in [-0.1, -0.05) is 6.92 Å². The van der Waals surface area contributed by atoms with Crippen molar-refractivity contribution in [2.75, 3.05) is 13.6 Å². The molecule has 1 atom stereocenters. The third-order valence-corrected chi connectivity index (χ3v) is 4.33. The van der Waals surface area contributed by atoms with Crippen LogP contribution in [0.15, 0.2) is 18.5 Å². The summed E-state index contributed by atoms with van der Waals surface area (Å²) in [6.45, 7) is 7.76. The Hall–Kier alpha value is -1.29. The average molecular weight is 291 g/mol. The maximum Gasteiger partial charge on any atom is 0.242 e. The molecule has 1 unspecified atom stereocenters. The predicted octanol–water partition coefficient (Wildman–Crippen LogP) is 2.81. The fraction of sp³-hybridized carbons (Fsp3) is 0.706. The molecule has 0 aliphatic heterocycles. The highest BCUT2D eigenvalue weighted by Gasteiger charge is 2.32. The zero-order valence-electron chi connectivity index (χ0n) is 13.8. The van der Waals surface area contributed by atoms with Crippen LogP contribution in [0.5, 0.6) is 0 Å². The van der Waals surface area contributed by atoms with Crippen molar-refractivity contribution in [1.29, 1.82) is 0 Å². The Morgan fingerprint density at radius 3 is 2.76 bits per heavy atom. The van der Waals surface area contributed by atoms with Crippen LogP contribution >= 0.6 is 0 Å². The molecular formula is C17H29N3O. The number of nitrogens with one attached hydrogen (secondary N) is 1. The smallest absolute Gasteiger partial charge is 0.242 e.